The van der Waals surface area contributed by atoms with Crippen molar-refractivity contribution >= 4 is 11.3 Å². The largest absolute Gasteiger partial charge is 0.473 e. The molecule has 0 aliphatic carbocycles. The molecule has 0 amide bonds. The molecule has 0 spiro atoms. The van der Waals surface area contributed by atoms with Crippen molar-refractivity contribution in [3.8, 4) is 0 Å². The van der Waals surface area contributed by atoms with Crippen LogP contribution in [0.5, 0.6) is 0 Å². The number of pyridine rings is 1. The van der Waals surface area contributed by atoms with Gasteiger partial charge in [-0.1, -0.05) is 54.6 Å². The van der Waals surface area contributed by atoms with Crippen LogP contribution in [0, 0.1) is 0 Å². The van der Waals surface area contributed by atoms with Gasteiger partial charge in [-0.2, -0.15) is 26.6 Å². The van der Waals surface area contributed by atoms with Gasteiger partial charge in [-0.15, -0.1) is 0 Å². The van der Waals surface area contributed by atoms with E-state index >= 15 is 0 Å². The maximum Gasteiger partial charge on any atom is 0.180 e. The number of aromatic amines is 3. The Hall–Kier alpha value is -9.49. The van der Waals surface area contributed by atoms with Crippen LogP contribution in [0.25, 0.3) is 0 Å². The number of hydrogen-bond donors (Lipinski definition) is 3. The number of H-pyrrole nitrogens is 3. The number of furan rings is 1. The summed E-state index contributed by atoms with van der Waals surface area (Å²) in [5.41, 5.74) is 0. The second-order valence-electron chi connectivity index (χ2n) is 10.4. The van der Waals surface area contributed by atoms with Crippen molar-refractivity contribution in [2.24, 2.45) is 0 Å². The number of thiophene rings is 1. The van der Waals surface area contributed by atoms with Gasteiger partial charge >= 0.3 is 0 Å². The number of benzene rings is 1. The average molecular weight is 903 g/mol. The van der Waals surface area contributed by atoms with Crippen LogP contribution in [-0.4, -0.2) is 80.2 Å². The Balaban J connectivity index is 0.000000360. The van der Waals surface area contributed by atoms with Gasteiger partial charge in [0.2, 0.25) is 0 Å². The van der Waals surface area contributed by atoms with Gasteiger partial charge in [0.15, 0.2) is 6.39 Å². The second-order valence-corrected chi connectivity index (χ2v) is 11.2. The Morgan fingerprint density at radius 2 is 0.833 bits per heavy atom. The first-order valence-corrected chi connectivity index (χ1v) is 20.2. The SMILES string of the molecule is c1c[nH]cn1.c1cc[nH]c1.c1ccccc1.c1ccncc1.c1ccnnc1.c1ccoc1.c1ccsc1.c1cn[nH]c1.c1cnccn1.c1cncnc1.c1cocn1.c1ncncn1. The first-order valence-electron chi connectivity index (χ1n) is 19.2. The predicted octanol–water partition coefficient (Wildman–Crippen LogP) is 9.61. The minimum absolute atomic E-state index is 1.38. The van der Waals surface area contributed by atoms with Crippen molar-refractivity contribution in [3.05, 3.63) is 288 Å². The van der Waals surface area contributed by atoms with Crippen LogP contribution < -0.4 is 0 Å². The fourth-order valence-electron chi connectivity index (χ4n) is 3.00. The third-order valence-electron chi connectivity index (χ3n) is 5.58. The Morgan fingerprint density at radius 1 is 0.303 bits per heavy atom. The highest BCUT2D eigenvalue weighted by Gasteiger charge is 1.64. The van der Waals surface area contributed by atoms with Crippen LogP contribution in [0.3, 0.4) is 0 Å². The van der Waals surface area contributed by atoms with Gasteiger partial charge in [-0.25, -0.2) is 34.9 Å². The Morgan fingerprint density at radius 3 is 1.02 bits per heavy atom. The second kappa shape index (κ2) is 51.7. The third kappa shape index (κ3) is 48.9. The molecule has 11 aromatic heterocycles. The maximum absolute atomic E-state index is 4.58. The molecular formula is C47H50N16O2S. The number of hydrogen-bond acceptors (Lipinski definition) is 16. The summed E-state index contributed by atoms with van der Waals surface area (Å²) in [4.78, 5) is 42.1. The van der Waals surface area contributed by atoms with E-state index in [1.54, 1.807) is 129 Å². The zero-order valence-electron chi connectivity index (χ0n) is 35.7. The lowest BCUT2D eigenvalue weighted by atomic mass is 10.4. The van der Waals surface area contributed by atoms with E-state index < -0.39 is 0 Å². The summed E-state index contributed by atoms with van der Waals surface area (Å²) in [6.07, 6.45) is 42.5. The molecule has 0 atom stereocenters. The first-order chi connectivity index (χ1) is 33.0. The van der Waals surface area contributed by atoms with Crippen LogP contribution in [0.15, 0.2) is 297 Å². The Kier molecular flexibility index (Phi) is 42.7. The molecular weight excluding hydrogens is 853 g/mol. The maximum atomic E-state index is 4.58. The molecule has 18 nitrogen and oxygen atoms in total. The molecule has 336 valence electrons. The lowest BCUT2D eigenvalue weighted by molar-refractivity contribution is 0.558. The molecule has 0 bridgehead atoms. The lowest BCUT2D eigenvalue weighted by Gasteiger charge is -1.70. The van der Waals surface area contributed by atoms with E-state index in [0.29, 0.717) is 0 Å². The minimum Gasteiger partial charge on any atom is -0.473 e. The van der Waals surface area contributed by atoms with Crippen molar-refractivity contribution in [1.29, 1.82) is 0 Å². The molecule has 3 N–H and O–H groups in total. The highest BCUT2D eigenvalue weighted by atomic mass is 32.1. The Bertz CT molecular complexity index is 1630. The highest BCUT2D eigenvalue weighted by molar-refractivity contribution is 7.07. The van der Waals surface area contributed by atoms with Gasteiger partial charge in [-0.3, -0.25) is 20.1 Å². The standard InChI is InChI=1S/C6H6.C5H5N.3C4H4N2.C4H5N.C4H4O.C4H4S.C3H3N3.2C3H4N2.C3H3NO/c2*1-2-4-6-5-3-1;1-2-6-4-3-5-1;1-2-5-4-6-3-1;1-2-4-6-5-3-1;3*1-2-4-5-3-1;1-4-2-6-3-5-1;1-2-5-3-4-1;1-2-4-5-3-1;1-2-5-3-4-1/h1-6H;1-5H;3*1-4H;1-5H;2*1-4H;1-3H;2*1-3H,(H,4,5);1-3H. The summed E-state index contributed by atoms with van der Waals surface area (Å²) in [6, 6.07) is 36.6. The van der Waals surface area contributed by atoms with Crippen LogP contribution in [0.1, 0.15) is 0 Å². The van der Waals surface area contributed by atoms with Gasteiger partial charge in [0.25, 0.3) is 0 Å². The van der Waals surface area contributed by atoms with Gasteiger partial charge in [0.05, 0.1) is 25.1 Å². The molecule has 12 aromatic rings. The van der Waals surface area contributed by atoms with Crippen molar-refractivity contribution < 1.29 is 8.83 Å². The molecule has 0 aliphatic rings. The number of imidazole rings is 1. The van der Waals surface area contributed by atoms with E-state index in [2.05, 4.69) is 89.0 Å². The van der Waals surface area contributed by atoms with Crippen LogP contribution in [-0.2, 0) is 0 Å². The molecule has 0 radical (unpaired) electrons. The van der Waals surface area contributed by atoms with E-state index in [1.807, 2.05) is 132 Å². The van der Waals surface area contributed by atoms with Crippen molar-refractivity contribution in [2.75, 3.05) is 0 Å². The van der Waals surface area contributed by atoms with E-state index in [0.717, 1.165) is 0 Å². The van der Waals surface area contributed by atoms with E-state index in [-0.39, 0.29) is 0 Å². The molecule has 12 rings (SSSR count). The van der Waals surface area contributed by atoms with Crippen LogP contribution in [0.4, 0.5) is 0 Å². The van der Waals surface area contributed by atoms with E-state index in [9.17, 15) is 0 Å². The normalized spacial score (nSPS) is 8.00. The van der Waals surface area contributed by atoms with Crippen LogP contribution in [0.2, 0.25) is 0 Å². The topological polar surface area (TPSA) is 241 Å². The van der Waals surface area contributed by atoms with E-state index in [4.69, 9.17) is 0 Å². The van der Waals surface area contributed by atoms with Crippen molar-refractivity contribution in [2.45, 2.75) is 0 Å². The van der Waals surface area contributed by atoms with Gasteiger partial charge in [0.1, 0.15) is 31.6 Å². The van der Waals surface area contributed by atoms with Gasteiger partial charge in [-0.05, 0) is 71.4 Å². The Labute approximate surface area is 387 Å². The predicted molar refractivity (Wildman–Crippen MR) is 254 cm³/mol. The number of oxazole rings is 1. The number of aromatic nitrogens is 16. The molecule has 1 aromatic carbocycles. The number of nitrogens with zero attached hydrogens (tertiary/aromatic N) is 13. The summed E-state index contributed by atoms with van der Waals surface area (Å²) in [5, 5.41) is 17.4. The van der Waals surface area contributed by atoms with Gasteiger partial charge in [0, 0.05) is 99.1 Å². The summed E-state index contributed by atoms with van der Waals surface area (Å²) in [7, 11) is 0. The number of nitrogens with one attached hydrogen (secondary N) is 3. The molecule has 0 unspecified atom stereocenters. The molecule has 19 heteroatoms. The molecule has 66 heavy (non-hydrogen) atoms. The van der Waals surface area contributed by atoms with Crippen molar-refractivity contribution in [3.63, 3.8) is 0 Å². The summed E-state index contributed by atoms with van der Waals surface area (Å²) in [5.74, 6) is 0. The fraction of sp³-hybridized carbons (Fsp3) is 0. The van der Waals surface area contributed by atoms with Gasteiger partial charge < -0.3 is 18.8 Å². The quantitative estimate of drug-likeness (QED) is 0.128. The lowest BCUT2D eigenvalue weighted by Crippen LogP contribution is -1.73. The molecule has 0 saturated heterocycles. The fourth-order valence-corrected chi connectivity index (χ4v) is 3.45. The number of rotatable bonds is 0. The average Bonchev–Trinajstić information content (AvgIpc) is 4.29. The smallest absolute Gasteiger partial charge is 0.180 e. The zero-order valence-corrected chi connectivity index (χ0v) is 36.5. The molecule has 0 aliphatic heterocycles. The molecule has 0 fully saturated rings. The summed E-state index contributed by atoms with van der Waals surface area (Å²) in [6.45, 7) is 0. The monoisotopic (exact) mass is 902 g/mol. The highest BCUT2D eigenvalue weighted by Crippen LogP contribution is 1.91. The minimum atomic E-state index is 1.38. The zero-order chi connectivity index (χ0) is 46.7. The van der Waals surface area contributed by atoms with Crippen molar-refractivity contribution in [1.82, 2.24) is 80.2 Å². The molecule has 0 saturated carbocycles. The summed E-state index contributed by atoms with van der Waals surface area (Å²) < 4.78 is 9.06. The molecule has 11 heterocycles. The third-order valence-corrected chi connectivity index (χ3v) is 6.21. The summed E-state index contributed by atoms with van der Waals surface area (Å²) >= 11 is 1.71. The van der Waals surface area contributed by atoms with E-state index in [1.165, 1.54) is 38.0 Å². The van der Waals surface area contributed by atoms with Crippen LogP contribution >= 0.6 is 11.3 Å². The first kappa shape index (κ1) is 54.5.